The lowest BCUT2D eigenvalue weighted by Crippen LogP contribution is -2.61. The molecule has 2 aliphatic heterocycles. The fourth-order valence-corrected chi connectivity index (χ4v) is 4.22. The number of aryl methyl sites for hydroxylation is 2. The van der Waals surface area contributed by atoms with Gasteiger partial charge in [0.2, 0.25) is 5.91 Å². The molecule has 2 fully saturated rings. The summed E-state index contributed by atoms with van der Waals surface area (Å²) in [5, 5.41) is 15.6. The van der Waals surface area contributed by atoms with Crippen molar-refractivity contribution in [2.24, 2.45) is 5.92 Å². The highest BCUT2D eigenvalue weighted by atomic mass is 19.1. The Morgan fingerprint density at radius 1 is 1.15 bits per heavy atom. The molecule has 0 aliphatic carbocycles. The zero-order valence-corrected chi connectivity index (χ0v) is 18.2. The summed E-state index contributed by atoms with van der Waals surface area (Å²) < 4.78 is 14.7. The molecule has 3 heterocycles. The lowest BCUT2D eigenvalue weighted by molar-refractivity contribution is -0.129. The lowest BCUT2D eigenvalue weighted by atomic mass is 10.0. The molecule has 170 valence electrons. The van der Waals surface area contributed by atoms with Crippen LogP contribution in [0, 0.1) is 25.6 Å². The molecule has 3 unspecified atom stereocenters. The molecule has 0 bridgehead atoms. The second-order valence-electron chi connectivity index (χ2n) is 8.28. The number of carbonyl (C=O) groups excluding carboxylic acids is 2. The molecule has 3 aromatic rings. The first-order chi connectivity index (χ1) is 15.9. The highest BCUT2D eigenvalue weighted by Gasteiger charge is 2.45. The fraction of sp³-hybridized carbons (Fsp3) is 0.261. The first-order valence-electron chi connectivity index (χ1n) is 10.7. The van der Waals surface area contributed by atoms with Gasteiger partial charge in [-0.2, -0.15) is 5.10 Å². The van der Waals surface area contributed by atoms with Gasteiger partial charge in [-0.3, -0.25) is 19.9 Å². The molecular formula is C23H24FN7O2. The van der Waals surface area contributed by atoms with Crippen LogP contribution in [0.2, 0.25) is 0 Å². The molecule has 2 aromatic carbocycles. The number of carbonyl (C=O) groups is 2. The molecule has 3 atom stereocenters. The molecule has 5 rings (SSSR count). The highest BCUT2D eigenvalue weighted by molar-refractivity contribution is 6.03. The molecule has 10 heteroatoms. The zero-order chi connectivity index (χ0) is 23.1. The molecule has 0 spiro atoms. The summed E-state index contributed by atoms with van der Waals surface area (Å²) in [6.45, 7) is 4.31. The highest BCUT2D eigenvalue weighted by Crippen LogP contribution is 2.28. The Hall–Kier alpha value is -3.76. The third-order valence-corrected chi connectivity index (χ3v) is 5.82. The molecule has 0 radical (unpaired) electrons. The number of rotatable bonds is 4. The van der Waals surface area contributed by atoms with E-state index >= 15 is 0 Å². The van der Waals surface area contributed by atoms with Gasteiger partial charge in [0, 0.05) is 18.2 Å². The average Bonchev–Trinajstić information content (AvgIpc) is 3.37. The van der Waals surface area contributed by atoms with Crippen molar-refractivity contribution in [1.29, 1.82) is 0 Å². The third kappa shape index (κ3) is 4.06. The maximum absolute atomic E-state index is 13.2. The number of halogens is 1. The Bertz CT molecular complexity index is 1210. The van der Waals surface area contributed by atoms with Crippen LogP contribution in [-0.2, 0) is 4.79 Å². The van der Waals surface area contributed by atoms with Gasteiger partial charge < -0.3 is 10.6 Å². The van der Waals surface area contributed by atoms with Gasteiger partial charge in [-0.05, 0) is 55.8 Å². The van der Waals surface area contributed by atoms with E-state index in [2.05, 4.69) is 26.5 Å². The summed E-state index contributed by atoms with van der Waals surface area (Å²) in [5.74, 6) is -0.822. The van der Waals surface area contributed by atoms with Crippen LogP contribution in [0.3, 0.4) is 0 Å². The minimum Gasteiger partial charge on any atom is -0.321 e. The molecule has 2 aliphatic rings. The molecule has 2 saturated heterocycles. The zero-order valence-electron chi connectivity index (χ0n) is 18.2. The van der Waals surface area contributed by atoms with Gasteiger partial charge in [0.1, 0.15) is 17.8 Å². The molecule has 2 amide bonds. The van der Waals surface area contributed by atoms with Crippen LogP contribution < -0.4 is 26.4 Å². The van der Waals surface area contributed by atoms with Crippen molar-refractivity contribution in [3.8, 4) is 0 Å². The van der Waals surface area contributed by atoms with Crippen molar-refractivity contribution >= 4 is 23.3 Å². The minimum absolute atomic E-state index is 0.115. The van der Waals surface area contributed by atoms with Gasteiger partial charge in [0.25, 0.3) is 5.91 Å². The summed E-state index contributed by atoms with van der Waals surface area (Å²) in [6, 6.07) is 15.0. The standard InChI is InChI=1S/C23H24FN7O2/c1-13-4-3-5-17(10-13)30-20-18(12-25-30)22(33)28-23(27-20)31-19(11-14(2)29-31)26-21(32)15-6-8-16(24)9-7-15/h3-11,18,20,23,25,27H,12H2,1-2H3,(H,26,32)(H,28,33). The van der Waals surface area contributed by atoms with Gasteiger partial charge in [-0.25, -0.2) is 14.5 Å². The number of aromatic nitrogens is 2. The largest absolute Gasteiger partial charge is 0.321 e. The monoisotopic (exact) mass is 449 g/mol. The SMILES string of the molecule is Cc1cccc(N2NCC3C(=O)NC(n4nc(C)cc4NC(=O)c4ccc(F)cc4)NC32)c1. The number of hydrogen-bond donors (Lipinski definition) is 4. The van der Waals surface area contributed by atoms with Gasteiger partial charge in [-0.15, -0.1) is 0 Å². The van der Waals surface area contributed by atoms with E-state index < -0.39 is 18.0 Å². The van der Waals surface area contributed by atoms with E-state index in [1.54, 1.807) is 13.0 Å². The van der Waals surface area contributed by atoms with Crippen LogP contribution in [0.1, 0.15) is 27.9 Å². The van der Waals surface area contributed by atoms with Crippen molar-refractivity contribution in [3.05, 3.63) is 77.2 Å². The first-order valence-corrected chi connectivity index (χ1v) is 10.7. The van der Waals surface area contributed by atoms with Crippen molar-refractivity contribution in [1.82, 2.24) is 25.8 Å². The average molecular weight is 449 g/mol. The fourth-order valence-electron chi connectivity index (χ4n) is 4.22. The Labute approximate surface area is 189 Å². The Balaban J connectivity index is 1.40. The normalized spacial score (nSPS) is 22.1. The molecule has 0 saturated carbocycles. The third-order valence-electron chi connectivity index (χ3n) is 5.82. The molecule has 4 N–H and O–H groups in total. The summed E-state index contributed by atoms with van der Waals surface area (Å²) in [5.41, 5.74) is 6.35. The molecular weight excluding hydrogens is 425 g/mol. The smallest absolute Gasteiger partial charge is 0.256 e. The number of benzene rings is 2. The van der Waals surface area contributed by atoms with Gasteiger partial charge in [0.15, 0.2) is 6.29 Å². The Morgan fingerprint density at radius 2 is 1.94 bits per heavy atom. The van der Waals surface area contributed by atoms with E-state index in [0.29, 0.717) is 23.6 Å². The van der Waals surface area contributed by atoms with E-state index in [9.17, 15) is 14.0 Å². The van der Waals surface area contributed by atoms with Crippen molar-refractivity contribution < 1.29 is 14.0 Å². The quantitative estimate of drug-likeness (QED) is 0.486. The number of hydrazine groups is 1. The summed E-state index contributed by atoms with van der Waals surface area (Å²) in [4.78, 5) is 25.6. The number of anilines is 2. The van der Waals surface area contributed by atoms with E-state index in [1.165, 1.54) is 28.9 Å². The maximum Gasteiger partial charge on any atom is 0.256 e. The topological polar surface area (TPSA) is 103 Å². The van der Waals surface area contributed by atoms with E-state index in [1.807, 2.05) is 36.2 Å². The van der Waals surface area contributed by atoms with E-state index in [0.717, 1.165) is 11.3 Å². The lowest BCUT2D eigenvalue weighted by Gasteiger charge is -2.37. The van der Waals surface area contributed by atoms with Gasteiger partial charge in [-0.1, -0.05) is 12.1 Å². The Kier molecular flexibility index (Phi) is 5.31. The van der Waals surface area contributed by atoms with E-state index in [-0.39, 0.29) is 18.0 Å². The van der Waals surface area contributed by atoms with Crippen LogP contribution in [0.5, 0.6) is 0 Å². The second kappa shape index (κ2) is 8.30. The van der Waals surface area contributed by atoms with Gasteiger partial charge in [0.05, 0.1) is 17.3 Å². The minimum atomic E-state index is -0.678. The maximum atomic E-state index is 13.2. The number of hydrogen-bond acceptors (Lipinski definition) is 6. The number of fused-ring (bicyclic) bond motifs is 1. The summed E-state index contributed by atoms with van der Waals surface area (Å²) in [6.07, 6.45) is -0.987. The van der Waals surface area contributed by atoms with Crippen LogP contribution in [0.25, 0.3) is 0 Å². The molecule has 1 aromatic heterocycles. The van der Waals surface area contributed by atoms with Gasteiger partial charge >= 0.3 is 0 Å². The van der Waals surface area contributed by atoms with Crippen molar-refractivity contribution in [2.45, 2.75) is 26.3 Å². The Morgan fingerprint density at radius 3 is 2.70 bits per heavy atom. The number of nitrogens with zero attached hydrogens (tertiary/aromatic N) is 3. The van der Waals surface area contributed by atoms with E-state index in [4.69, 9.17) is 0 Å². The number of amides is 2. The van der Waals surface area contributed by atoms with Crippen LogP contribution >= 0.6 is 0 Å². The second-order valence-corrected chi connectivity index (χ2v) is 8.28. The van der Waals surface area contributed by atoms with Crippen LogP contribution in [0.15, 0.2) is 54.6 Å². The molecule has 33 heavy (non-hydrogen) atoms. The number of nitrogens with one attached hydrogen (secondary N) is 4. The predicted molar refractivity (Wildman–Crippen MR) is 121 cm³/mol. The van der Waals surface area contributed by atoms with Crippen molar-refractivity contribution in [2.75, 3.05) is 16.9 Å². The molecule has 9 nitrogen and oxygen atoms in total. The first kappa shape index (κ1) is 21.1. The predicted octanol–water partition coefficient (Wildman–Crippen LogP) is 2.03. The van der Waals surface area contributed by atoms with Crippen molar-refractivity contribution in [3.63, 3.8) is 0 Å². The van der Waals surface area contributed by atoms with Crippen LogP contribution in [0.4, 0.5) is 15.9 Å². The summed E-state index contributed by atoms with van der Waals surface area (Å²) in [7, 11) is 0. The summed E-state index contributed by atoms with van der Waals surface area (Å²) >= 11 is 0. The van der Waals surface area contributed by atoms with Crippen LogP contribution in [-0.4, -0.2) is 34.3 Å².